The van der Waals surface area contributed by atoms with Crippen LogP contribution >= 0.6 is 11.3 Å². The number of rotatable bonds is 4. The number of carbonyl (C=O) groups is 1. The first-order valence-corrected chi connectivity index (χ1v) is 10.4. The van der Waals surface area contributed by atoms with Gasteiger partial charge in [-0.3, -0.25) is 9.69 Å². The number of likely N-dealkylation sites (tertiary alicyclic amines) is 1. The van der Waals surface area contributed by atoms with Gasteiger partial charge >= 0.3 is 0 Å². The van der Waals surface area contributed by atoms with Crippen molar-refractivity contribution in [1.29, 1.82) is 0 Å². The molecule has 2 unspecified atom stereocenters. The van der Waals surface area contributed by atoms with Crippen molar-refractivity contribution in [1.82, 2.24) is 9.88 Å². The third-order valence-corrected chi connectivity index (χ3v) is 6.14. The first-order valence-electron chi connectivity index (χ1n) is 9.51. The van der Waals surface area contributed by atoms with E-state index < -0.39 is 0 Å². The van der Waals surface area contributed by atoms with E-state index in [4.69, 9.17) is 4.74 Å². The van der Waals surface area contributed by atoms with Gasteiger partial charge in [-0.2, -0.15) is 0 Å². The number of hydrogen-bond donors (Lipinski definition) is 0. The lowest BCUT2D eigenvalue weighted by molar-refractivity contribution is -0.123. The smallest absolute Gasteiger partial charge is 0.244 e. The summed E-state index contributed by atoms with van der Waals surface area (Å²) in [5.41, 5.74) is 1.95. The summed E-state index contributed by atoms with van der Waals surface area (Å²) in [6.45, 7) is 1.96. The third kappa shape index (κ3) is 3.30. The van der Waals surface area contributed by atoms with Crippen molar-refractivity contribution in [2.45, 2.75) is 31.7 Å². The number of ether oxygens (including phenoxy) is 1. The van der Waals surface area contributed by atoms with Crippen LogP contribution in [0.3, 0.4) is 0 Å². The molecule has 3 heterocycles. The quantitative estimate of drug-likeness (QED) is 0.680. The van der Waals surface area contributed by atoms with Crippen molar-refractivity contribution >= 4 is 22.9 Å². The van der Waals surface area contributed by atoms with E-state index in [1.807, 2.05) is 58.9 Å². The van der Waals surface area contributed by atoms with Gasteiger partial charge in [0.25, 0.3) is 0 Å². The number of benzene rings is 2. The summed E-state index contributed by atoms with van der Waals surface area (Å²) in [5, 5.41) is 3.01. The van der Waals surface area contributed by atoms with E-state index in [1.165, 1.54) is 0 Å². The summed E-state index contributed by atoms with van der Waals surface area (Å²) in [6.07, 6.45) is 2.55. The van der Waals surface area contributed by atoms with Gasteiger partial charge in [-0.05, 0) is 17.7 Å². The number of amides is 1. The summed E-state index contributed by atoms with van der Waals surface area (Å²) in [7, 11) is 0. The molecule has 1 saturated heterocycles. The third-order valence-electron chi connectivity index (χ3n) is 5.37. The molecule has 1 fully saturated rings. The van der Waals surface area contributed by atoms with Gasteiger partial charge in [0.15, 0.2) is 0 Å². The Morgan fingerprint density at radius 3 is 2.71 bits per heavy atom. The van der Waals surface area contributed by atoms with Crippen LogP contribution in [-0.4, -0.2) is 34.5 Å². The lowest BCUT2D eigenvalue weighted by Crippen LogP contribution is -2.45. The van der Waals surface area contributed by atoms with Gasteiger partial charge in [0.2, 0.25) is 5.91 Å². The number of fused-ring (bicyclic) bond motifs is 3. The molecule has 2 aromatic carbocycles. The number of para-hydroxylation sites is 2. The molecule has 0 saturated carbocycles. The van der Waals surface area contributed by atoms with Crippen molar-refractivity contribution in [3.8, 4) is 5.75 Å². The highest BCUT2D eigenvalue weighted by atomic mass is 32.1. The van der Waals surface area contributed by atoms with Crippen LogP contribution < -0.4 is 9.64 Å². The predicted octanol–water partition coefficient (Wildman–Crippen LogP) is 3.71. The molecule has 0 N–H and O–H groups in total. The normalized spacial score (nSPS) is 21.7. The van der Waals surface area contributed by atoms with Crippen molar-refractivity contribution in [3.63, 3.8) is 0 Å². The SMILES string of the molecule is O=C1C2CC(CN2Cc2nccs2)Oc2ccccc2N1Cc1ccccc1. The molecule has 1 amide bonds. The lowest BCUT2D eigenvalue weighted by atomic mass is 10.1. The average Bonchev–Trinajstić information content (AvgIpc) is 3.37. The summed E-state index contributed by atoms with van der Waals surface area (Å²) in [5.74, 6) is 0.921. The molecule has 5 rings (SSSR count). The lowest BCUT2D eigenvalue weighted by Gasteiger charge is -2.31. The van der Waals surface area contributed by atoms with Crippen LogP contribution in [0.5, 0.6) is 5.75 Å². The average molecular weight is 391 g/mol. The first-order chi connectivity index (χ1) is 13.8. The van der Waals surface area contributed by atoms with Gasteiger partial charge in [0.1, 0.15) is 16.9 Å². The van der Waals surface area contributed by atoms with Crippen molar-refractivity contribution in [2.24, 2.45) is 0 Å². The highest BCUT2D eigenvalue weighted by Crippen LogP contribution is 2.37. The Morgan fingerprint density at radius 2 is 1.89 bits per heavy atom. The van der Waals surface area contributed by atoms with E-state index in [9.17, 15) is 4.79 Å². The van der Waals surface area contributed by atoms with Crippen molar-refractivity contribution < 1.29 is 9.53 Å². The fourth-order valence-electron chi connectivity index (χ4n) is 4.07. The van der Waals surface area contributed by atoms with Crippen molar-refractivity contribution in [3.05, 3.63) is 76.7 Å². The molecule has 2 aliphatic heterocycles. The van der Waals surface area contributed by atoms with Crippen LogP contribution in [0.2, 0.25) is 0 Å². The van der Waals surface area contributed by atoms with Crippen LogP contribution in [0.4, 0.5) is 5.69 Å². The van der Waals surface area contributed by atoms with Gasteiger partial charge in [0.05, 0.1) is 24.8 Å². The van der Waals surface area contributed by atoms with E-state index in [1.54, 1.807) is 11.3 Å². The van der Waals surface area contributed by atoms with E-state index in [0.29, 0.717) is 19.5 Å². The molecule has 28 heavy (non-hydrogen) atoms. The molecule has 1 aromatic heterocycles. The van der Waals surface area contributed by atoms with Gasteiger partial charge in [-0.25, -0.2) is 4.98 Å². The molecule has 142 valence electrons. The zero-order valence-corrected chi connectivity index (χ0v) is 16.2. The molecular weight excluding hydrogens is 370 g/mol. The summed E-state index contributed by atoms with van der Waals surface area (Å²) in [6, 6.07) is 17.8. The van der Waals surface area contributed by atoms with Crippen LogP contribution in [0.1, 0.15) is 17.0 Å². The maximum Gasteiger partial charge on any atom is 0.244 e. The monoisotopic (exact) mass is 391 g/mol. The van der Waals surface area contributed by atoms with E-state index in [0.717, 1.165) is 28.6 Å². The fraction of sp³-hybridized carbons (Fsp3) is 0.273. The number of anilines is 1. The van der Waals surface area contributed by atoms with Gasteiger partial charge in [0, 0.05) is 24.5 Å². The maximum absolute atomic E-state index is 13.7. The topological polar surface area (TPSA) is 45.7 Å². The Balaban J connectivity index is 1.50. The van der Waals surface area contributed by atoms with Gasteiger partial charge in [-0.1, -0.05) is 42.5 Å². The minimum atomic E-state index is -0.189. The number of nitrogens with zero attached hydrogens (tertiary/aromatic N) is 3. The number of carbonyl (C=O) groups excluding carboxylic acids is 1. The molecule has 6 heteroatoms. The maximum atomic E-state index is 13.7. The standard InChI is InChI=1S/C22H21N3O2S/c26-22-19-12-17(14-24(19)15-21-23-10-11-28-21)27-20-9-5-4-8-18(20)25(22)13-16-6-2-1-3-7-16/h1-11,17,19H,12-15H2. The molecule has 0 spiro atoms. The highest BCUT2D eigenvalue weighted by Gasteiger charge is 2.43. The molecular formula is C22H21N3O2S. The van der Waals surface area contributed by atoms with Crippen molar-refractivity contribution in [2.75, 3.05) is 11.4 Å². The second kappa shape index (κ2) is 7.37. The first kappa shape index (κ1) is 17.4. The van der Waals surface area contributed by atoms with Crippen LogP contribution in [0.15, 0.2) is 66.2 Å². The predicted molar refractivity (Wildman–Crippen MR) is 109 cm³/mol. The Hall–Kier alpha value is -2.70. The minimum Gasteiger partial charge on any atom is -0.487 e. The summed E-state index contributed by atoms with van der Waals surface area (Å²) < 4.78 is 6.34. The second-order valence-electron chi connectivity index (χ2n) is 7.22. The zero-order valence-electron chi connectivity index (χ0n) is 15.4. The number of thiazole rings is 1. The molecule has 2 atom stereocenters. The highest BCUT2D eigenvalue weighted by molar-refractivity contribution is 7.09. The second-order valence-corrected chi connectivity index (χ2v) is 8.20. The van der Waals surface area contributed by atoms with Gasteiger partial charge in [-0.15, -0.1) is 11.3 Å². The molecule has 2 bridgehead atoms. The van der Waals surface area contributed by atoms with E-state index in [-0.39, 0.29) is 18.1 Å². The van der Waals surface area contributed by atoms with E-state index in [2.05, 4.69) is 22.0 Å². The number of aromatic nitrogens is 1. The Bertz CT molecular complexity index is 961. The Labute approximate surface area is 168 Å². The molecule has 0 aliphatic carbocycles. The molecule has 2 aliphatic rings. The molecule has 0 radical (unpaired) electrons. The minimum absolute atomic E-state index is 0.0222. The zero-order chi connectivity index (χ0) is 18.9. The number of hydrogen-bond acceptors (Lipinski definition) is 5. The Kier molecular flexibility index (Phi) is 4.58. The largest absolute Gasteiger partial charge is 0.487 e. The van der Waals surface area contributed by atoms with E-state index >= 15 is 0 Å². The summed E-state index contributed by atoms with van der Waals surface area (Å²) in [4.78, 5) is 22.2. The molecule has 3 aromatic rings. The van der Waals surface area contributed by atoms with Crippen LogP contribution in [0.25, 0.3) is 0 Å². The van der Waals surface area contributed by atoms with Crippen LogP contribution in [-0.2, 0) is 17.9 Å². The summed E-state index contributed by atoms with van der Waals surface area (Å²) >= 11 is 1.63. The Morgan fingerprint density at radius 1 is 1.07 bits per heavy atom. The molecule has 5 nitrogen and oxygen atoms in total. The fourth-order valence-corrected chi connectivity index (χ4v) is 4.71. The van der Waals surface area contributed by atoms with Crippen LogP contribution in [0, 0.1) is 0 Å². The van der Waals surface area contributed by atoms with Gasteiger partial charge < -0.3 is 9.64 Å².